The minimum atomic E-state index is -0.466. The minimum absolute atomic E-state index is 0.0467. The lowest BCUT2D eigenvalue weighted by Gasteiger charge is -2.13. The van der Waals surface area contributed by atoms with Gasteiger partial charge in [0.05, 0.1) is 13.7 Å². The Morgan fingerprint density at radius 2 is 1.88 bits per heavy atom. The van der Waals surface area contributed by atoms with Gasteiger partial charge in [-0.3, -0.25) is 4.79 Å². The molecule has 0 saturated carbocycles. The Morgan fingerprint density at radius 1 is 1.19 bits per heavy atom. The first-order valence-electron chi connectivity index (χ1n) is 8.17. The van der Waals surface area contributed by atoms with Gasteiger partial charge in [0.25, 0.3) is 0 Å². The molecule has 0 aliphatic heterocycles. The molecular weight excluding hydrogens is 333 g/mol. The number of nitrogens with zero attached hydrogens (tertiary/aromatic N) is 1. The second-order valence-electron chi connectivity index (χ2n) is 6.12. The smallest absolute Gasteiger partial charge is 0.203 e. The standard InChI is InChI=1S/C21H20FNO3/c1-14(2)13-26-19-9-4-15(11-20(19)25-3)10-17(12-23)21(24)16-5-7-18(22)8-6-16/h4-11,14H,13H2,1-3H3/b17-10+. The molecule has 2 rings (SSSR count). The summed E-state index contributed by atoms with van der Waals surface area (Å²) in [5, 5.41) is 9.33. The molecule has 5 heteroatoms. The van der Waals surface area contributed by atoms with Crippen LogP contribution in [0.25, 0.3) is 6.08 Å². The molecule has 2 aromatic rings. The third-order valence-electron chi connectivity index (χ3n) is 3.54. The summed E-state index contributed by atoms with van der Waals surface area (Å²) in [6, 6.07) is 12.2. The van der Waals surface area contributed by atoms with E-state index >= 15 is 0 Å². The maximum absolute atomic E-state index is 13.0. The van der Waals surface area contributed by atoms with Crippen LogP contribution in [-0.4, -0.2) is 19.5 Å². The number of rotatable bonds is 7. The average molecular weight is 353 g/mol. The Labute approximate surface area is 152 Å². The molecule has 0 heterocycles. The summed E-state index contributed by atoms with van der Waals surface area (Å²) in [6.45, 7) is 4.64. The van der Waals surface area contributed by atoms with Crippen LogP contribution >= 0.6 is 0 Å². The number of carbonyl (C=O) groups excluding carboxylic acids is 1. The van der Waals surface area contributed by atoms with Crippen LogP contribution in [0.15, 0.2) is 48.0 Å². The molecule has 0 aliphatic carbocycles. The van der Waals surface area contributed by atoms with Gasteiger partial charge in [-0.25, -0.2) is 4.39 Å². The number of hydrogen-bond donors (Lipinski definition) is 0. The average Bonchev–Trinajstić information content (AvgIpc) is 2.64. The number of allylic oxidation sites excluding steroid dienone is 1. The van der Waals surface area contributed by atoms with E-state index in [1.165, 1.54) is 37.5 Å². The number of carbonyl (C=O) groups is 1. The summed E-state index contributed by atoms with van der Waals surface area (Å²) >= 11 is 0. The molecule has 4 nitrogen and oxygen atoms in total. The fraction of sp³-hybridized carbons (Fsp3) is 0.238. The lowest BCUT2D eigenvalue weighted by Crippen LogP contribution is -2.05. The van der Waals surface area contributed by atoms with Gasteiger partial charge in [-0.2, -0.15) is 5.26 Å². The Bertz CT molecular complexity index is 849. The highest BCUT2D eigenvalue weighted by molar-refractivity contribution is 6.14. The van der Waals surface area contributed by atoms with Gasteiger partial charge in [-0.1, -0.05) is 19.9 Å². The predicted molar refractivity (Wildman–Crippen MR) is 97.6 cm³/mol. The molecule has 0 aromatic heterocycles. The molecule has 0 N–H and O–H groups in total. The van der Waals surface area contributed by atoms with Gasteiger partial charge in [0.1, 0.15) is 17.5 Å². The minimum Gasteiger partial charge on any atom is -0.493 e. The zero-order valence-corrected chi connectivity index (χ0v) is 15.0. The molecule has 0 amide bonds. The number of Topliss-reactive ketones (excluding diaryl/α,β-unsaturated/α-hetero) is 1. The third-order valence-corrected chi connectivity index (χ3v) is 3.54. The lowest BCUT2D eigenvalue weighted by molar-refractivity contribution is 0.104. The maximum Gasteiger partial charge on any atom is 0.203 e. The van der Waals surface area contributed by atoms with Crippen molar-refractivity contribution in [2.24, 2.45) is 5.92 Å². The molecule has 0 fully saturated rings. The molecule has 0 bridgehead atoms. The van der Waals surface area contributed by atoms with Crippen LogP contribution in [0.3, 0.4) is 0 Å². The predicted octanol–water partition coefficient (Wildman–Crippen LogP) is 4.66. The Hall–Kier alpha value is -3.13. The van der Waals surface area contributed by atoms with Crippen molar-refractivity contribution in [2.45, 2.75) is 13.8 Å². The number of benzene rings is 2. The summed E-state index contributed by atoms with van der Waals surface area (Å²) in [7, 11) is 1.53. The van der Waals surface area contributed by atoms with E-state index in [9.17, 15) is 14.4 Å². The molecule has 0 radical (unpaired) electrons. The molecule has 2 aromatic carbocycles. The maximum atomic E-state index is 13.0. The van der Waals surface area contributed by atoms with E-state index in [-0.39, 0.29) is 11.1 Å². The normalized spacial score (nSPS) is 11.2. The Balaban J connectivity index is 2.29. The molecule has 0 spiro atoms. The van der Waals surface area contributed by atoms with E-state index in [0.29, 0.717) is 29.6 Å². The van der Waals surface area contributed by atoms with Crippen LogP contribution < -0.4 is 9.47 Å². The highest BCUT2D eigenvalue weighted by Crippen LogP contribution is 2.29. The van der Waals surface area contributed by atoms with Crippen molar-refractivity contribution >= 4 is 11.9 Å². The van der Waals surface area contributed by atoms with Crippen molar-refractivity contribution in [1.29, 1.82) is 5.26 Å². The van der Waals surface area contributed by atoms with Gasteiger partial charge in [-0.05, 0) is 54.0 Å². The molecule has 0 unspecified atom stereocenters. The molecule has 0 atom stereocenters. The highest BCUT2D eigenvalue weighted by Gasteiger charge is 2.13. The van der Waals surface area contributed by atoms with Crippen LogP contribution in [0.1, 0.15) is 29.8 Å². The molecule has 26 heavy (non-hydrogen) atoms. The number of ether oxygens (including phenoxy) is 2. The largest absolute Gasteiger partial charge is 0.493 e. The van der Waals surface area contributed by atoms with Crippen molar-refractivity contribution in [3.63, 3.8) is 0 Å². The fourth-order valence-electron chi connectivity index (χ4n) is 2.22. The van der Waals surface area contributed by atoms with Crippen LogP contribution in [0.2, 0.25) is 0 Å². The first-order chi connectivity index (χ1) is 12.4. The lowest BCUT2D eigenvalue weighted by atomic mass is 10.0. The second kappa shape index (κ2) is 8.82. The summed E-state index contributed by atoms with van der Waals surface area (Å²) in [4.78, 5) is 12.4. The Morgan fingerprint density at radius 3 is 2.46 bits per heavy atom. The Kier molecular flexibility index (Phi) is 6.51. The number of ketones is 1. The van der Waals surface area contributed by atoms with Gasteiger partial charge in [0.2, 0.25) is 5.78 Å². The van der Waals surface area contributed by atoms with Crippen LogP contribution in [-0.2, 0) is 0 Å². The van der Waals surface area contributed by atoms with Crippen molar-refractivity contribution in [3.8, 4) is 17.6 Å². The first kappa shape index (κ1) is 19.2. The van der Waals surface area contributed by atoms with Gasteiger partial charge < -0.3 is 9.47 Å². The SMILES string of the molecule is COc1cc(/C=C(\C#N)C(=O)c2ccc(F)cc2)ccc1OCC(C)C. The van der Waals surface area contributed by atoms with Crippen LogP contribution in [0.5, 0.6) is 11.5 Å². The second-order valence-corrected chi connectivity index (χ2v) is 6.12. The zero-order chi connectivity index (χ0) is 19.1. The van der Waals surface area contributed by atoms with E-state index in [1.54, 1.807) is 18.2 Å². The summed E-state index contributed by atoms with van der Waals surface area (Å²) in [6.07, 6.45) is 1.47. The van der Waals surface area contributed by atoms with E-state index in [0.717, 1.165) is 0 Å². The topological polar surface area (TPSA) is 59.3 Å². The van der Waals surface area contributed by atoms with Crippen LogP contribution in [0.4, 0.5) is 4.39 Å². The monoisotopic (exact) mass is 353 g/mol. The van der Waals surface area contributed by atoms with Gasteiger partial charge in [-0.15, -0.1) is 0 Å². The highest BCUT2D eigenvalue weighted by atomic mass is 19.1. The van der Waals surface area contributed by atoms with Crippen molar-refractivity contribution in [2.75, 3.05) is 13.7 Å². The van der Waals surface area contributed by atoms with Gasteiger partial charge >= 0.3 is 0 Å². The van der Waals surface area contributed by atoms with Crippen LogP contribution in [0, 0.1) is 23.1 Å². The number of hydrogen-bond acceptors (Lipinski definition) is 4. The third kappa shape index (κ3) is 4.93. The zero-order valence-electron chi connectivity index (χ0n) is 15.0. The van der Waals surface area contributed by atoms with E-state index < -0.39 is 11.6 Å². The summed E-state index contributed by atoms with van der Waals surface area (Å²) in [5.74, 6) is 0.586. The number of nitriles is 1. The van der Waals surface area contributed by atoms with E-state index in [2.05, 4.69) is 0 Å². The number of halogens is 1. The summed E-state index contributed by atoms with van der Waals surface area (Å²) in [5.41, 5.74) is 0.836. The summed E-state index contributed by atoms with van der Waals surface area (Å²) < 4.78 is 24.0. The van der Waals surface area contributed by atoms with Gasteiger partial charge in [0.15, 0.2) is 11.5 Å². The van der Waals surface area contributed by atoms with Gasteiger partial charge in [0, 0.05) is 5.56 Å². The van der Waals surface area contributed by atoms with E-state index in [1.807, 2.05) is 19.9 Å². The van der Waals surface area contributed by atoms with E-state index in [4.69, 9.17) is 9.47 Å². The quantitative estimate of drug-likeness (QED) is 0.413. The fourth-order valence-corrected chi connectivity index (χ4v) is 2.22. The van der Waals surface area contributed by atoms with Crippen molar-refractivity contribution < 1.29 is 18.7 Å². The molecular formula is C21H20FNO3. The molecule has 134 valence electrons. The first-order valence-corrected chi connectivity index (χ1v) is 8.17. The molecule has 0 saturated heterocycles. The van der Waals surface area contributed by atoms with Crippen molar-refractivity contribution in [1.82, 2.24) is 0 Å². The molecule has 0 aliphatic rings. The van der Waals surface area contributed by atoms with Crippen molar-refractivity contribution in [3.05, 3.63) is 65.0 Å². The number of methoxy groups -OCH3 is 1.